The number of nitrogens with zero attached hydrogens (tertiary/aromatic N) is 6. The maximum absolute atomic E-state index is 9.75. The molecule has 0 spiro atoms. The highest BCUT2D eigenvalue weighted by atomic mass is 33.1. The minimum atomic E-state index is -6.00. The second kappa shape index (κ2) is 10.4. The van der Waals surface area contributed by atoms with Crippen molar-refractivity contribution >= 4 is 36.1 Å². The van der Waals surface area contributed by atoms with Crippen molar-refractivity contribution in [3.05, 3.63) is 11.6 Å². The molecule has 0 unspecified atom stereocenters. The van der Waals surface area contributed by atoms with E-state index in [2.05, 4.69) is 19.3 Å². The summed E-state index contributed by atoms with van der Waals surface area (Å²) in [5.41, 5.74) is 0. The molecule has 28 heavy (non-hydrogen) atoms. The second-order valence-electron chi connectivity index (χ2n) is 5.18. The molecule has 0 aliphatic heterocycles. The Morgan fingerprint density at radius 1 is 0.679 bits per heavy atom. The van der Waals surface area contributed by atoms with Crippen molar-refractivity contribution in [2.45, 2.75) is 24.2 Å². The number of aryl methyl sites for hydroxylation is 2. The van der Waals surface area contributed by atoms with E-state index in [0.29, 0.717) is 0 Å². The molecule has 0 atom stereocenters. The third kappa shape index (κ3) is 10.8. The van der Waals surface area contributed by atoms with E-state index in [4.69, 9.17) is 0 Å². The summed E-state index contributed by atoms with van der Waals surface area (Å²) in [5, 5.41) is 10.9. The molecule has 0 aliphatic rings. The molecule has 0 amide bonds. The van der Waals surface area contributed by atoms with E-state index in [9.17, 15) is 34.5 Å². The smallest absolute Gasteiger partial charge is 0.418 e. The van der Waals surface area contributed by atoms with E-state index in [-0.39, 0.29) is 0 Å². The Balaban J connectivity index is 0.000000607. The van der Waals surface area contributed by atoms with Crippen molar-refractivity contribution in [1.29, 1.82) is 0 Å². The van der Waals surface area contributed by atoms with Crippen molar-refractivity contribution in [2.24, 2.45) is 28.2 Å². The van der Waals surface area contributed by atoms with Gasteiger partial charge in [-0.1, -0.05) is 0 Å². The first-order valence-corrected chi connectivity index (χ1v) is 9.45. The Hall–Kier alpha value is -1.45. The third-order valence-corrected chi connectivity index (χ3v) is 5.38. The molecule has 0 N–H and O–H groups in total. The third-order valence-electron chi connectivity index (χ3n) is 3.14. The quantitative estimate of drug-likeness (QED) is 0.306. The van der Waals surface area contributed by atoms with Crippen molar-refractivity contribution < 1.29 is 43.7 Å². The Morgan fingerprint density at radius 3 is 1.04 bits per heavy atom. The van der Waals surface area contributed by atoms with Crippen LogP contribution in [0.15, 0.2) is 10.3 Å². The fraction of sp³-hybridized carbons (Fsp3) is 0.600. The topological polar surface area (TPSA) is 43.4 Å². The maximum Gasteiger partial charge on any atom is 0.673 e. The molecule has 162 valence electrons. The van der Waals surface area contributed by atoms with Crippen LogP contribution in [0.5, 0.6) is 0 Å². The second-order valence-corrected chi connectivity index (χ2v) is 7.24. The SMILES string of the molecule is Cc1n(C)nc(SSc2nn(C)c(C)[n+]2C)[n+]1C.F[B-](F)(F)F.F[B-](F)(F)F. The molecule has 2 aromatic rings. The predicted molar refractivity (Wildman–Crippen MR) is 90.3 cm³/mol. The van der Waals surface area contributed by atoms with Crippen LogP contribution in [-0.4, -0.2) is 34.1 Å². The zero-order chi connectivity index (χ0) is 22.4. The number of hydrogen-bond acceptors (Lipinski definition) is 4. The lowest BCUT2D eigenvalue weighted by Gasteiger charge is -1.94. The standard InChI is InChI=1S/C10H18N6S2.2BF4/c1-7-13(3)9(11-15(7)5)17-18-10-12-16(6)8(2)14(10)4;2*2-1(3,4)5/h1-6H3;;/q+2;2*-1. The maximum atomic E-state index is 9.75. The van der Waals surface area contributed by atoms with E-state index in [1.165, 1.54) is 0 Å². The van der Waals surface area contributed by atoms with Crippen LogP contribution in [0.1, 0.15) is 11.6 Å². The fourth-order valence-corrected chi connectivity index (χ4v) is 3.73. The van der Waals surface area contributed by atoms with Gasteiger partial charge in [-0.05, 0) is 0 Å². The highest BCUT2D eigenvalue weighted by molar-refractivity contribution is 8.76. The summed E-state index contributed by atoms with van der Waals surface area (Å²) >= 11 is 0. The van der Waals surface area contributed by atoms with Gasteiger partial charge in [-0.2, -0.15) is 0 Å². The van der Waals surface area contributed by atoms with Gasteiger partial charge in [-0.25, -0.2) is 9.13 Å². The normalized spacial score (nSPS) is 11.5. The summed E-state index contributed by atoms with van der Waals surface area (Å²) in [6.07, 6.45) is 0. The molecule has 2 heterocycles. The van der Waals surface area contributed by atoms with E-state index in [1.807, 2.05) is 51.4 Å². The van der Waals surface area contributed by atoms with Crippen LogP contribution in [0.4, 0.5) is 34.5 Å². The first kappa shape index (κ1) is 26.5. The number of rotatable bonds is 3. The van der Waals surface area contributed by atoms with Crippen LogP contribution < -0.4 is 9.13 Å². The summed E-state index contributed by atoms with van der Waals surface area (Å²) in [5.74, 6) is 2.25. The largest absolute Gasteiger partial charge is 0.673 e. The molecule has 0 fully saturated rings. The van der Waals surface area contributed by atoms with Gasteiger partial charge in [0.1, 0.15) is 0 Å². The average Bonchev–Trinajstić information content (AvgIpc) is 2.87. The Bertz CT molecular complexity index is 699. The molecule has 6 nitrogen and oxygen atoms in total. The first-order chi connectivity index (χ1) is 12.4. The number of hydrogen-bond donors (Lipinski definition) is 0. The summed E-state index contributed by atoms with van der Waals surface area (Å²) < 4.78 is 85.9. The molecule has 0 radical (unpaired) electrons. The molecule has 0 saturated heterocycles. The summed E-state index contributed by atoms with van der Waals surface area (Å²) in [7, 11) is -0.803. The Kier molecular flexibility index (Phi) is 9.83. The van der Waals surface area contributed by atoms with Gasteiger partial charge in [-0.15, -0.1) is 9.36 Å². The van der Waals surface area contributed by atoms with Crippen molar-refractivity contribution in [3.63, 3.8) is 0 Å². The summed E-state index contributed by atoms with van der Waals surface area (Å²) in [6, 6.07) is 0. The van der Waals surface area contributed by atoms with E-state index in [0.717, 1.165) is 22.0 Å². The zero-order valence-corrected chi connectivity index (χ0v) is 17.3. The molecule has 0 aromatic carbocycles. The summed E-state index contributed by atoms with van der Waals surface area (Å²) in [4.78, 5) is 0. The van der Waals surface area contributed by atoms with Gasteiger partial charge in [0.2, 0.25) is 11.6 Å². The lowest BCUT2D eigenvalue weighted by molar-refractivity contribution is -0.716. The monoisotopic (exact) mass is 460 g/mol. The van der Waals surface area contributed by atoms with Crippen LogP contribution in [0.25, 0.3) is 0 Å². The van der Waals surface area contributed by atoms with Gasteiger partial charge in [0.15, 0.2) is 0 Å². The minimum absolute atomic E-state index is 0.975. The highest BCUT2D eigenvalue weighted by Crippen LogP contribution is 2.31. The van der Waals surface area contributed by atoms with E-state index in [1.54, 1.807) is 21.6 Å². The van der Waals surface area contributed by atoms with E-state index < -0.39 is 14.5 Å². The van der Waals surface area contributed by atoms with Crippen LogP contribution in [-0.2, 0) is 28.2 Å². The summed E-state index contributed by atoms with van der Waals surface area (Å²) in [6.45, 7) is 4.10. The van der Waals surface area contributed by atoms with Gasteiger partial charge >= 0.3 is 24.8 Å². The van der Waals surface area contributed by atoms with E-state index >= 15 is 0 Å². The van der Waals surface area contributed by atoms with Gasteiger partial charge in [0.25, 0.3) is 0 Å². The van der Waals surface area contributed by atoms with Gasteiger partial charge < -0.3 is 34.5 Å². The van der Waals surface area contributed by atoms with Crippen LogP contribution in [0, 0.1) is 13.8 Å². The lowest BCUT2D eigenvalue weighted by Crippen LogP contribution is -2.33. The van der Waals surface area contributed by atoms with Crippen molar-refractivity contribution in [1.82, 2.24) is 19.6 Å². The number of halogens is 8. The minimum Gasteiger partial charge on any atom is -0.418 e. The lowest BCUT2D eigenvalue weighted by atomic mass is 10.3. The first-order valence-electron chi connectivity index (χ1n) is 7.30. The predicted octanol–water partition coefficient (Wildman–Crippen LogP) is 2.82. The van der Waals surface area contributed by atoms with Gasteiger partial charge in [-0.3, -0.25) is 0 Å². The van der Waals surface area contributed by atoms with Crippen LogP contribution >= 0.6 is 21.6 Å². The fourth-order valence-electron chi connectivity index (χ4n) is 1.47. The van der Waals surface area contributed by atoms with Crippen molar-refractivity contribution in [2.75, 3.05) is 0 Å². The number of aromatic nitrogens is 6. The zero-order valence-electron chi connectivity index (χ0n) is 15.7. The molecule has 2 rings (SSSR count). The van der Waals surface area contributed by atoms with Crippen LogP contribution in [0.3, 0.4) is 0 Å². The van der Waals surface area contributed by atoms with Gasteiger partial charge in [0, 0.05) is 35.4 Å². The average molecular weight is 460 g/mol. The highest BCUT2D eigenvalue weighted by Gasteiger charge is 2.24. The molecule has 0 bridgehead atoms. The molecule has 0 aliphatic carbocycles. The molecular formula is C10H18B2F8N6S2. The molecule has 2 aromatic heterocycles. The van der Waals surface area contributed by atoms with Gasteiger partial charge in [0.05, 0.1) is 38.4 Å². The molecule has 18 heteroatoms. The van der Waals surface area contributed by atoms with Crippen molar-refractivity contribution in [3.8, 4) is 0 Å². The Labute approximate surface area is 163 Å². The molecular weight excluding hydrogens is 442 g/mol. The molecule has 0 saturated carbocycles. The van der Waals surface area contributed by atoms with Crippen LogP contribution in [0.2, 0.25) is 0 Å². The Morgan fingerprint density at radius 2 is 0.893 bits per heavy atom.